The Labute approximate surface area is 206 Å². The summed E-state index contributed by atoms with van der Waals surface area (Å²) in [6.45, 7) is -0.394. The maximum absolute atomic E-state index is 13.8. The summed E-state index contributed by atoms with van der Waals surface area (Å²) in [5.41, 5.74) is 7.50. The molecule has 1 aliphatic heterocycles. The van der Waals surface area contributed by atoms with Crippen LogP contribution in [0.5, 0.6) is 11.5 Å². The number of methoxy groups -OCH3 is 1. The van der Waals surface area contributed by atoms with Gasteiger partial charge in [0.25, 0.3) is 5.91 Å². The van der Waals surface area contributed by atoms with E-state index in [4.69, 9.17) is 26.8 Å². The topological polar surface area (TPSA) is 120 Å². The Kier molecular flexibility index (Phi) is 7.03. The molecule has 35 heavy (non-hydrogen) atoms. The number of carbonyl (C=O) groups is 3. The molecule has 4 N–H and O–H groups in total. The molecule has 3 aromatic rings. The van der Waals surface area contributed by atoms with E-state index in [1.54, 1.807) is 36.4 Å². The predicted molar refractivity (Wildman–Crippen MR) is 131 cm³/mol. The van der Waals surface area contributed by atoms with Gasteiger partial charge in [-0.1, -0.05) is 72.3 Å². The smallest absolute Gasteiger partial charge is 0.320 e. The Morgan fingerprint density at radius 1 is 1.03 bits per heavy atom. The van der Waals surface area contributed by atoms with Crippen molar-refractivity contribution in [2.45, 2.75) is 6.04 Å². The molecule has 9 heteroatoms. The van der Waals surface area contributed by atoms with Crippen molar-refractivity contribution in [1.82, 2.24) is 10.6 Å². The summed E-state index contributed by atoms with van der Waals surface area (Å²) in [7, 11) is 1.41. The van der Waals surface area contributed by atoms with E-state index in [0.717, 1.165) is 0 Å². The number of hydrogen-bond donors (Lipinski definition) is 3. The van der Waals surface area contributed by atoms with Crippen LogP contribution in [0.4, 0.5) is 4.79 Å². The fraction of sp³-hybridized carbons (Fsp3) is 0.115. The molecule has 0 fully saturated rings. The van der Waals surface area contributed by atoms with Crippen LogP contribution in [0.1, 0.15) is 27.5 Å². The zero-order chi connectivity index (χ0) is 24.9. The van der Waals surface area contributed by atoms with Crippen molar-refractivity contribution in [3.8, 4) is 11.5 Å². The summed E-state index contributed by atoms with van der Waals surface area (Å²) in [5.74, 6) is -0.607. The number of ether oxygens (including phenoxy) is 2. The van der Waals surface area contributed by atoms with Crippen molar-refractivity contribution < 1.29 is 23.9 Å². The summed E-state index contributed by atoms with van der Waals surface area (Å²) >= 11 is 6.46. The number of amides is 3. The van der Waals surface area contributed by atoms with Crippen LogP contribution in [-0.4, -0.2) is 31.4 Å². The first-order valence-corrected chi connectivity index (χ1v) is 11.0. The first-order valence-electron chi connectivity index (χ1n) is 10.6. The molecule has 4 rings (SSSR count). The number of nitrogens with two attached hydrogens (primary N) is 1. The molecule has 1 heterocycles. The Bertz CT molecular complexity index is 1310. The van der Waals surface area contributed by atoms with Gasteiger partial charge in [-0.05, 0) is 23.3 Å². The quantitative estimate of drug-likeness (QED) is 0.413. The van der Waals surface area contributed by atoms with Crippen LogP contribution in [0.15, 0.2) is 78.4 Å². The molecule has 1 atom stereocenters. The summed E-state index contributed by atoms with van der Waals surface area (Å²) in [6, 6.07) is 19.7. The van der Waals surface area contributed by atoms with Gasteiger partial charge >= 0.3 is 6.03 Å². The number of urea groups is 1. The van der Waals surface area contributed by atoms with Gasteiger partial charge in [0.05, 0.1) is 29.4 Å². The van der Waals surface area contributed by atoms with Gasteiger partial charge in [-0.25, -0.2) is 4.79 Å². The molecular formula is C26H22ClN3O5. The maximum atomic E-state index is 13.8. The van der Waals surface area contributed by atoms with Crippen molar-refractivity contribution >= 4 is 35.0 Å². The van der Waals surface area contributed by atoms with Crippen molar-refractivity contribution in [2.24, 2.45) is 5.73 Å². The summed E-state index contributed by atoms with van der Waals surface area (Å²) in [6.07, 6.45) is 0. The lowest BCUT2D eigenvalue weighted by Gasteiger charge is -2.30. The van der Waals surface area contributed by atoms with E-state index in [9.17, 15) is 14.4 Å². The van der Waals surface area contributed by atoms with Gasteiger partial charge in [0, 0.05) is 5.56 Å². The standard InChI is InChI=1S/C26H22ClN3O5/c1-34-19-13-17(12-18(27)25(19)35-14-20(28)31)23-21(24(32)16-10-6-3-7-11-16)22(29-26(33)30-23)15-8-4-2-5-9-15/h2-13,23H,14H2,1H3,(H2,28,31)(H2,29,30,33). The highest BCUT2D eigenvalue weighted by Gasteiger charge is 2.34. The molecule has 178 valence electrons. The molecule has 0 spiro atoms. The Morgan fingerprint density at radius 3 is 2.31 bits per heavy atom. The van der Waals surface area contributed by atoms with Crippen molar-refractivity contribution in [2.75, 3.05) is 13.7 Å². The van der Waals surface area contributed by atoms with Crippen LogP contribution in [0.25, 0.3) is 5.70 Å². The average Bonchev–Trinajstić information content (AvgIpc) is 2.87. The summed E-state index contributed by atoms with van der Waals surface area (Å²) in [5, 5.41) is 5.74. The Hall–Kier alpha value is -4.30. The monoisotopic (exact) mass is 491 g/mol. The minimum atomic E-state index is -0.858. The highest BCUT2D eigenvalue weighted by Crippen LogP contribution is 2.41. The molecular weight excluding hydrogens is 470 g/mol. The first-order chi connectivity index (χ1) is 16.9. The number of primary amides is 1. The van der Waals surface area contributed by atoms with E-state index in [1.807, 2.05) is 36.4 Å². The van der Waals surface area contributed by atoms with Crippen LogP contribution >= 0.6 is 11.6 Å². The van der Waals surface area contributed by atoms with Gasteiger partial charge in [-0.15, -0.1) is 0 Å². The van der Waals surface area contributed by atoms with Crippen molar-refractivity contribution in [1.29, 1.82) is 0 Å². The number of halogens is 1. The Morgan fingerprint density at radius 2 is 1.69 bits per heavy atom. The largest absolute Gasteiger partial charge is 0.493 e. The number of Topliss-reactive ketones (excluding diaryl/α,β-unsaturated/α-hetero) is 1. The van der Waals surface area contributed by atoms with E-state index in [0.29, 0.717) is 28.0 Å². The molecule has 8 nitrogen and oxygen atoms in total. The molecule has 3 aromatic carbocycles. The van der Waals surface area contributed by atoms with Gasteiger partial charge in [0.15, 0.2) is 23.9 Å². The fourth-order valence-corrected chi connectivity index (χ4v) is 4.10. The van der Waals surface area contributed by atoms with Gasteiger partial charge in [0.2, 0.25) is 0 Å². The molecule has 0 saturated heterocycles. The van der Waals surface area contributed by atoms with Gasteiger partial charge < -0.3 is 25.8 Å². The number of ketones is 1. The number of nitrogens with one attached hydrogen (secondary N) is 2. The third-order valence-electron chi connectivity index (χ3n) is 5.36. The third kappa shape index (κ3) is 5.12. The lowest BCUT2D eigenvalue weighted by Crippen LogP contribution is -2.45. The summed E-state index contributed by atoms with van der Waals surface area (Å²) in [4.78, 5) is 37.7. The van der Waals surface area contributed by atoms with Gasteiger partial charge in [0.1, 0.15) is 0 Å². The molecule has 0 radical (unpaired) electrons. The number of benzene rings is 3. The SMILES string of the molecule is COc1cc(C2NC(=O)NC(c3ccccc3)=C2C(=O)c2ccccc2)cc(Cl)c1OCC(N)=O. The number of rotatable bonds is 8. The Balaban J connectivity index is 1.89. The number of carbonyl (C=O) groups excluding carboxylic acids is 3. The lowest BCUT2D eigenvalue weighted by molar-refractivity contribution is -0.119. The van der Waals surface area contributed by atoms with E-state index >= 15 is 0 Å². The second-order valence-corrected chi connectivity index (χ2v) is 8.08. The maximum Gasteiger partial charge on any atom is 0.320 e. The second kappa shape index (κ2) is 10.3. The fourth-order valence-electron chi connectivity index (χ4n) is 3.83. The molecule has 0 bridgehead atoms. The van der Waals surface area contributed by atoms with Crippen molar-refractivity contribution in [3.05, 3.63) is 100 Å². The molecule has 0 aromatic heterocycles. The third-order valence-corrected chi connectivity index (χ3v) is 5.64. The average molecular weight is 492 g/mol. The molecule has 0 aliphatic carbocycles. The highest BCUT2D eigenvalue weighted by atomic mass is 35.5. The van der Waals surface area contributed by atoms with E-state index < -0.39 is 24.6 Å². The highest BCUT2D eigenvalue weighted by molar-refractivity contribution is 6.32. The predicted octanol–water partition coefficient (Wildman–Crippen LogP) is 3.86. The van der Waals surface area contributed by atoms with E-state index in [1.165, 1.54) is 7.11 Å². The number of hydrogen-bond acceptors (Lipinski definition) is 5. The zero-order valence-corrected chi connectivity index (χ0v) is 19.5. The van der Waals surface area contributed by atoms with Crippen LogP contribution in [0.2, 0.25) is 5.02 Å². The lowest BCUT2D eigenvalue weighted by atomic mass is 9.87. The van der Waals surface area contributed by atoms with Crippen LogP contribution in [0.3, 0.4) is 0 Å². The minimum absolute atomic E-state index is 0.125. The first kappa shape index (κ1) is 23.8. The molecule has 3 amide bonds. The van der Waals surface area contributed by atoms with E-state index in [-0.39, 0.29) is 22.3 Å². The molecule has 1 aliphatic rings. The van der Waals surface area contributed by atoms with Crippen LogP contribution in [-0.2, 0) is 4.79 Å². The van der Waals surface area contributed by atoms with Gasteiger partial charge in [-0.2, -0.15) is 0 Å². The van der Waals surface area contributed by atoms with Crippen LogP contribution < -0.4 is 25.8 Å². The molecule has 1 unspecified atom stereocenters. The summed E-state index contributed by atoms with van der Waals surface area (Å²) < 4.78 is 10.8. The molecule has 0 saturated carbocycles. The normalized spacial score (nSPS) is 15.1. The van der Waals surface area contributed by atoms with Gasteiger partial charge in [-0.3, -0.25) is 9.59 Å². The minimum Gasteiger partial charge on any atom is -0.493 e. The zero-order valence-electron chi connectivity index (χ0n) is 18.7. The van der Waals surface area contributed by atoms with E-state index in [2.05, 4.69) is 10.6 Å². The van der Waals surface area contributed by atoms with Crippen molar-refractivity contribution in [3.63, 3.8) is 0 Å². The van der Waals surface area contributed by atoms with Crippen LogP contribution in [0, 0.1) is 0 Å². The second-order valence-electron chi connectivity index (χ2n) is 7.67.